The van der Waals surface area contributed by atoms with Gasteiger partial charge in [0.25, 0.3) is 0 Å². The zero-order valence-corrected chi connectivity index (χ0v) is 13.0. The smallest absolute Gasteiger partial charge is 0.123 e. The van der Waals surface area contributed by atoms with Crippen molar-refractivity contribution < 1.29 is 4.74 Å². The minimum Gasteiger partial charge on any atom is -0.488 e. The van der Waals surface area contributed by atoms with E-state index in [9.17, 15) is 0 Å². The predicted octanol–water partition coefficient (Wildman–Crippen LogP) is 2.72. The summed E-state index contributed by atoms with van der Waals surface area (Å²) in [5.41, 5.74) is 1.23. The van der Waals surface area contributed by atoms with Crippen LogP contribution in [0, 0.1) is 0 Å². The second-order valence-electron chi connectivity index (χ2n) is 6.10. The van der Waals surface area contributed by atoms with Crippen LogP contribution < -0.4 is 10.1 Å². The van der Waals surface area contributed by atoms with Crippen LogP contribution in [0.4, 0.5) is 0 Å². The van der Waals surface area contributed by atoms with Crippen molar-refractivity contribution in [2.24, 2.45) is 0 Å². The molecule has 0 spiro atoms. The summed E-state index contributed by atoms with van der Waals surface area (Å²) in [6, 6.07) is 7.28. The molecule has 1 fully saturated rings. The summed E-state index contributed by atoms with van der Waals surface area (Å²) in [5, 5.41) is 4.33. The number of benzene rings is 1. The first-order chi connectivity index (χ1) is 9.63. The Morgan fingerprint density at radius 1 is 1.45 bits per heavy atom. The van der Waals surface area contributed by atoms with E-state index in [4.69, 9.17) is 16.3 Å². The largest absolute Gasteiger partial charge is 0.488 e. The molecule has 2 unspecified atom stereocenters. The maximum atomic E-state index is 6.01. The molecule has 1 aliphatic carbocycles. The Balaban J connectivity index is 1.42. The van der Waals surface area contributed by atoms with E-state index in [1.54, 1.807) is 0 Å². The number of hydrogen-bond acceptors (Lipinski definition) is 3. The number of fused-ring (bicyclic) bond motifs is 1. The van der Waals surface area contributed by atoms with E-state index < -0.39 is 0 Å². The van der Waals surface area contributed by atoms with Crippen molar-refractivity contribution in [3.8, 4) is 5.75 Å². The zero-order valence-electron chi connectivity index (χ0n) is 12.2. The number of nitrogens with one attached hydrogen (secondary N) is 1. The maximum Gasteiger partial charge on any atom is 0.123 e. The highest BCUT2D eigenvalue weighted by Crippen LogP contribution is 2.31. The van der Waals surface area contributed by atoms with Crippen LogP contribution in [-0.2, 0) is 6.42 Å². The van der Waals surface area contributed by atoms with Crippen LogP contribution in [0.15, 0.2) is 18.2 Å². The van der Waals surface area contributed by atoms with E-state index in [2.05, 4.69) is 24.2 Å². The summed E-state index contributed by atoms with van der Waals surface area (Å²) in [6.45, 7) is 4.20. The molecule has 0 radical (unpaired) electrons. The van der Waals surface area contributed by atoms with E-state index in [0.29, 0.717) is 6.04 Å². The zero-order chi connectivity index (χ0) is 14.1. The van der Waals surface area contributed by atoms with Crippen molar-refractivity contribution in [2.45, 2.75) is 44.4 Å². The van der Waals surface area contributed by atoms with Gasteiger partial charge in [0, 0.05) is 36.6 Å². The summed E-state index contributed by atoms with van der Waals surface area (Å²) in [5.74, 6) is 0.990. The van der Waals surface area contributed by atoms with Crippen molar-refractivity contribution in [3.05, 3.63) is 28.8 Å². The molecule has 1 aromatic carbocycles. The average Bonchev–Trinajstić information content (AvgIpc) is 3.19. The first-order valence-corrected chi connectivity index (χ1v) is 7.89. The van der Waals surface area contributed by atoms with Gasteiger partial charge in [-0.05, 0) is 50.6 Å². The molecule has 1 aromatic rings. The van der Waals surface area contributed by atoms with Gasteiger partial charge in [-0.25, -0.2) is 0 Å². The van der Waals surface area contributed by atoms with Gasteiger partial charge in [-0.1, -0.05) is 11.6 Å². The van der Waals surface area contributed by atoms with Crippen LogP contribution in [0.5, 0.6) is 5.75 Å². The van der Waals surface area contributed by atoms with Crippen molar-refractivity contribution in [2.75, 3.05) is 20.1 Å². The lowest BCUT2D eigenvalue weighted by Crippen LogP contribution is -2.41. The number of halogens is 1. The van der Waals surface area contributed by atoms with Crippen molar-refractivity contribution in [1.82, 2.24) is 10.2 Å². The number of hydrogen-bond donors (Lipinski definition) is 1. The fourth-order valence-electron chi connectivity index (χ4n) is 2.84. The Labute approximate surface area is 126 Å². The van der Waals surface area contributed by atoms with Gasteiger partial charge in [-0.15, -0.1) is 0 Å². The van der Waals surface area contributed by atoms with Gasteiger partial charge in [-0.3, -0.25) is 4.90 Å². The first kappa shape index (κ1) is 14.2. The second kappa shape index (κ2) is 5.92. The van der Waals surface area contributed by atoms with Crippen molar-refractivity contribution >= 4 is 11.6 Å². The summed E-state index contributed by atoms with van der Waals surface area (Å²) in [4.78, 5) is 2.48. The molecule has 1 heterocycles. The molecule has 0 amide bonds. The molecule has 20 heavy (non-hydrogen) atoms. The first-order valence-electron chi connectivity index (χ1n) is 7.51. The van der Waals surface area contributed by atoms with E-state index in [1.807, 2.05) is 18.2 Å². The minimum absolute atomic E-state index is 0.238. The summed E-state index contributed by atoms with van der Waals surface area (Å²) >= 11 is 6.01. The monoisotopic (exact) mass is 294 g/mol. The van der Waals surface area contributed by atoms with E-state index in [0.717, 1.165) is 36.3 Å². The maximum absolute atomic E-state index is 6.01. The fraction of sp³-hybridized carbons (Fsp3) is 0.625. The van der Waals surface area contributed by atoms with E-state index in [-0.39, 0.29) is 6.10 Å². The van der Waals surface area contributed by atoms with Gasteiger partial charge >= 0.3 is 0 Å². The predicted molar refractivity (Wildman–Crippen MR) is 82.7 cm³/mol. The number of ether oxygens (including phenoxy) is 1. The molecule has 2 aliphatic rings. The van der Waals surface area contributed by atoms with Gasteiger partial charge in [0.1, 0.15) is 11.9 Å². The highest BCUT2D eigenvalue weighted by atomic mass is 35.5. The molecule has 0 aromatic heterocycles. The SMILES string of the molecule is CC(CNCC1Cc2cc(Cl)ccc2O1)N(C)C1CC1. The molecule has 1 aliphatic heterocycles. The molecule has 0 bridgehead atoms. The van der Waals surface area contributed by atoms with Crippen LogP contribution in [0.3, 0.4) is 0 Å². The molecular formula is C16H23ClN2O. The quantitative estimate of drug-likeness (QED) is 0.873. The van der Waals surface area contributed by atoms with Crippen LogP contribution in [-0.4, -0.2) is 43.2 Å². The summed E-state index contributed by atoms with van der Waals surface area (Å²) in [6.07, 6.45) is 3.92. The van der Waals surface area contributed by atoms with Crippen molar-refractivity contribution in [3.63, 3.8) is 0 Å². The Hall–Kier alpha value is -0.770. The van der Waals surface area contributed by atoms with Crippen LogP contribution in [0.1, 0.15) is 25.3 Å². The van der Waals surface area contributed by atoms with Gasteiger partial charge in [0.15, 0.2) is 0 Å². The Morgan fingerprint density at radius 3 is 3.00 bits per heavy atom. The molecule has 1 N–H and O–H groups in total. The molecule has 3 nitrogen and oxygen atoms in total. The fourth-order valence-corrected chi connectivity index (χ4v) is 3.04. The van der Waals surface area contributed by atoms with Crippen LogP contribution >= 0.6 is 11.6 Å². The molecule has 4 heteroatoms. The third-order valence-corrected chi connectivity index (χ3v) is 4.63. The average molecular weight is 295 g/mol. The minimum atomic E-state index is 0.238. The normalized spacial score (nSPS) is 22.7. The van der Waals surface area contributed by atoms with E-state index in [1.165, 1.54) is 18.4 Å². The van der Waals surface area contributed by atoms with Gasteiger partial charge in [0.05, 0.1) is 0 Å². The number of nitrogens with zero attached hydrogens (tertiary/aromatic N) is 1. The van der Waals surface area contributed by atoms with Crippen LogP contribution in [0.25, 0.3) is 0 Å². The Bertz CT molecular complexity index is 476. The van der Waals surface area contributed by atoms with Gasteiger partial charge in [0.2, 0.25) is 0 Å². The molecule has 1 saturated carbocycles. The molecule has 2 atom stereocenters. The second-order valence-corrected chi connectivity index (χ2v) is 6.54. The topological polar surface area (TPSA) is 24.5 Å². The highest BCUT2D eigenvalue weighted by molar-refractivity contribution is 6.30. The lowest BCUT2D eigenvalue weighted by atomic mass is 10.1. The number of likely N-dealkylation sites (N-methyl/N-ethyl adjacent to an activating group) is 1. The third kappa shape index (κ3) is 3.27. The van der Waals surface area contributed by atoms with E-state index >= 15 is 0 Å². The lowest BCUT2D eigenvalue weighted by molar-refractivity contribution is 0.207. The molecule has 110 valence electrons. The molecular weight excluding hydrogens is 272 g/mol. The molecule has 0 saturated heterocycles. The highest BCUT2D eigenvalue weighted by Gasteiger charge is 2.29. The summed E-state index contributed by atoms with van der Waals surface area (Å²) < 4.78 is 5.93. The number of rotatable bonds is 6. The third-order valence-electron chi connectivity index (χ3n) is 4.39. The molecule has 3 rings (SSSR count). The summed E-state index contributed by atoms with van der Waals surface area (Å²) in [7, 11) is 2.23. The van der Waals surface area contributed by atoms with Crippen LogP contribution in [0.2, 0.25) is 5.02 Å². The Morgan fingerprint density at radius 2 is 2.25 bits per heavy atom. The Kier molecular flexibility index (Phi) is 4.20. The van der Waals surface area contributed by atoms with Gasteiger partial charge in [-0.2, -0.15) is 0 Å². The lowest BCUT2D eigenvalue weighted by Gasteiger charge is -2.25. The standard InChI is InChI=1S/C16H23ClN2O/c1-11(19(2)14-4-5-14)9-18-10-15-8-12-7-13(17)3-6-16(12)20-15/h3,6-7,11,14-15,18H,4-5,8-10H2,1-2H3. The van der Waals surface area contributed by atoms with Crippen molar-refractivity contribution in [1.29, 1.82) is 0 Å². The van der Waals surface area contributed by atoms with Gasteiger partial charge < -0.3 is 10.1 Å².